The highest BCUT2D eigenvalue weighted by atomic mass is 35.5. The van der Waals surface area contributed by atoms with E-state index in [4.69, 9.17) is 16.7 Å². The third-order valence-electron chi connectivity index (χ3n) is 1.98. The van der Waals surface area contributed by atoms with Crippen LogP contribution in [0, 0.1) is 0 Å². The molecule has 0 radical (unpaired) electrons. The Morgan fingerprint density at radius 1 is 1.16 bits per heavy atom. The van der Waals surface area contributed by atoms with Gasteiger partial charge in [-0.25, -0.2) is 13.1 Å². The molecule has 0 aliphatic rings. The van der Waals surface area contributed by atoms with E-state index < -0.39 is 35.0 Å². The Hall–Kier alpha value is -1.64. The molecular formula is C10H11ClN2O5S. The Labute approximate surface area is 114 Å². The van der Waals surface area contributed by atoms with Crippen LogP contribution in [0.4, 0.5) is 0 Å². The maximum Gasteiger partial charge on any atom is 0.322 e. The molecule has 1 aromatic carbocycles. The van der Waals surface area contributed by atoms with Gasteiger partial charge in [-0.15, -0.1) is 0 Å². The maximum atomic E-state index is 11.7. The third-order valence-corrected chi connectivity index (χ3v) is 3.65. The number of aliphatic carboxylic acids is 1. The zero-order valence-corrected chi connectivity index (χ0v) is 11.2. The first kappa shape index (κ1) is 15.4. The Bertz CT molecular complexity index is 570. The van der Waals surface area contributed by atoms with Crippen molar-refractivity contribution in [3.63, 3.8) is 0 Å². The summed E-state index contributed by atoms with van der Waals surface area (Å²) in [6.45, 7) is -1.11. The summed E-state index contributed by atoms with van der Waals surface area (Å²) in [4.78, 5) is 21.3. The SMILES string of the molecule is O=C(O)CNC(=O)CNS(=O)(=O)c1ccc(Cl)cc1. The van der Waals surface area contributed by atoms with Crippen molar-refractivity contribution in [2.24, 2.45) is 0 Å². The molecule has 3 N–H and O–H groups in total. The molecule has 0 aliphatic carbocycles. The highest BCUT2D eigenvalue weighted by Crippen LogP contribution is 2.13. The van der Waals surface area contributed by atoms with E-state index in [0.717, 1.165) is 0 Å². The average molecular weight is 307 g/mol. The molecule has 0 unspecified atom stereocenters. The quantitative estimate of drug-likeness (QED) is 0.675. The van der Waals surface area contributed by atoms with Crippen LogP contribution in [0.3, 0.4) is 0 Å². The van der Waals surface area contributed by atoms with E-state index in [0.29, 0.717) is 5.02 Å². The number of carbonyl (C=O) groups is 2. The molecule has 0 aliphatic heterocycles. The molecule has 104 valence electrons. The van der Waals surface area contributed by atoms with Gasteiger partial charge in [-0.05, 0) is 24.3 Å². The van der Waals surface area contributed by atoms with Crippen molar-refractivity contribution < 1.29 is 23.1 Å². The van der Waals surface area contributed by atoms with Gasteiger partial charge >= 0.3 is 5.97 Å². The minimum atomic E-state index is -3.83. The van der Waals surface area contributed by atoms with Crippen LogP contribution >= 0.6 is 11.6 Å². The second-order valence-electron chi connectivity index (χ2n) is 3.45. The monoisotopic (exact) mass is 306 g/mol. The summed E-state index contributed by atoms with van der Waals surface area (Å²) in [6.07, 6.45) is 0. The summed E-state index contributed by atoms with van der Waals surface area (Å²) in [5.41, 5.74) is 0. The summed E-state index contributed by atoms with van der Waals surface area (Å²) in [5, 5.41) is 10.7. The Kier molecular flexibility index (Phi) is 5.28. The number of carbonyl (C=O) groups excluding carboxylic acids is 1. The first-order valence-electron chi connectivity index (χ1n) is 5.05. The zero-order valence-electron chi connectivity index (χ0n) is 9.59. The van der Waals surface area contributed by atoms with Crippen LogP contribution in [0.15, 0.2) is 29.2 Å². The van der Waals surface area contributed by atoms with E-state index in [2.05, 4.69) is 0 Å². The predicted octanol–water partition coefficient (Wildman–Crippen LogP) is -0.181. The van der Waals surface area contributed by atoms with E-state index in [1.165, 1.54) is 24.3 Å². The highest BCUT2D eigenvalue weighted by molar-refractivity contribution is 7.89. The van der Waals surface area contributed by atoms with Gasteiger partial charge in [0.1, 0.15) is 6.54 Å². The lowest BCUT2D eigenvalue weighted by atomic mass is 10.4. The average Bonchev–Trinajstić information content (AvgIpc) is 2.34. The van der Waals surface area contributed by atoms with Crippen LogP contribution in [0.5, 0.6) is 0 Å². The Morgan fingerprint density at radius 2 is 1.74 bits per heavy atom. The van der Waals surface area contributed by atoms with Gasteiger partial charge in [0.25, 0.3) is 0 Å². The van der Waals surface area contributed by atoms with Gasteiger partial charge in [0.2, 0.25) is 15.9 Å². The molecule has 9 heteroatoms. The minimum absolute atomic E-state index is 0.0389. The minimum Gasteiger partial charge on any atom is -0.480 e. The molecule has 1 aromatic rings. The summed E-state index contributed by atoms with van der Waals surface area (Å²) >= 11 is 5.63. The predicted molar refractivity (Wildman–Crippen MR) is 67.3 cm³/mol. The molecule has 1 amide bonds. The van der Waals surface area contributed by atoms with Crippen LogP contribution < -0.4 is 10.0 Å². The molecule has 0 saturated carbocycles. The fraction of sp³-hybridized carbons (Fsp3) is 0.200. The van der Waals surface area contributed by atoms with Crippen LogP contribution in [0.1, 0.15) is 0 Å². The zero-order chi connectivity index (χ0) is 14.5. The molecular weight excluding hydrogens is 296 g/mol. The highest BCUT2D eigenvalue weighted by Gasteiger charge is 2.15. The number of nitrogens with one attached hydrogen (secondary N) is 2. The second-order valence-corrected chi connectivity index (χ2v) is 5.65. The second kappa shape index (κ2) is 6.50. The Morgan fingerprint density at radius 3 is 2.26 bits per heavy atom. The van der Waals surface area contributed by atoms with Gasteiger partial charge in [0, 0.05) is 5.02 Å². The van der Waals surface area contributed by atoms with Gasteiger partial charge in [-0.1, -0.05) is 11.6 Å². The van der Waals surface area contributed by atoms with Crippen LogP contribution in [-0.4, -0.2) is 38.5 Å². The number of benzene rings is 1. The molecule has 7 nitrogen and oxygen atoms in total. The molecule has 0 spiro atoms. The van der Waals surface area contributed by atoms with Gasteiger partial charge < -0.3 is 10.4 Å². The summed E-state index contributed by atoms with van der Waals surface area (Å²) in [7, 11) is -3.83. The van der Waals surface area contributed by atoms with Crippen molar-refractivity contribution in [3.8, 4) is 0 Å². The largest absolute Gasteiger partial charge is 0.480 e. The lowest BCUT2D eigenvalue weighted by Gasteiger charge is -2.06. The van der Waals surface area contributed by atoms with E-state index in [-0.39, 0.29) is 4.90 Å². The van der Waals surface area contributed by atoms with Gasteiger partial charge in [0.05, 0.1) is 11.4 Å². The van der Waals surface area contributed by atoms with Crippen molar-refractivity contribution in [2.75, 3.05) is 13.1 Å². The normalized spacial score (nSPS) is 11.0. The number of halogens is 1. The number of hydrogen-bond donors (Lipinski definition) is 3. The van der Waals surface area contributed by atoms with Crippen molar-refractivity contribution >= 4 is 33.5 Å². The van der Waals surface area contributed by atoms with E-state index in [1.54, 1.807) is 0 Å². The fourth-order valence-electron chi connectivity index (χ4n) is 1.09. The smallest absolute Gasteiger partial charge is 0.322 e. The topological polar surface area (TPSA) is 113 Å². The first-order valence-corrected chi connectivity index (χ1v) is 6.91. The molecule has 1 rings (SSSR count). The number of hydrogen-bond acceptors (Lipinski definition) is 4. The molecule has 0 aromatic heterocycles. The number of carboxylic acids is 1. The third kappa shape index (κ3) is 5.25. The van der Waals surface area contributed by atoms with Crippen LogP contribution in [0.25, 0.3) is 0 Å². The molecule has 0 heterocycles. The number of carboxylic acid groups (broad SMARTS) is 1. The Balaban J connectivity index is 2.58. The van der Waals surface area contributed by atoms with E-state index in [9.17, 15) is 18.0 Å². The number of rotatable bonds is 6. The number of amides is 1. The lowest BCUT2D eigenvalue weighted by molar-refractivity contribution is -0.137. The van der Waals surface area contributed by atoms with Crippen molar-refractivity contribution in [2.45, 2.75) is 4.90 Å². The fourth-order valence-corrected chi connectivity index (χ4v) is 2.20. The van der Waals surface area contributed by atoms with E-state index >= 15 is 0 Å². The van der Waals surface area contributed by atoms with Gasteiger partial charge in [-0.3, -0.25) is 9.59 Å². The van der Waals surface area contributed by atoms with Crippen molar-refractivity contribution in [1.29, 1.82) is 0 Å². The van der Waals surface area contributed by atoms with Crippen molar-refractivity contribution in [3.05, 3.63) is 29.3 Å². The molecule has 0 bridgehead atoms. The lowest BCUT2D eigenvalue weighted by Crippen LogP contribution is -2.38. The maximum absolute atomic E-state index is 11.7. The van der Waals surface area contributed by atoms with Gasteiger partial charge in [-0.2, -0.15) is 0 Å². The molecule has 19 heavy (non-hydrogen) atoms. The summed E-state index contributed by atoms with van der Waals surface area (Å²) < 4.78 is 25.5. The first-order chi connectivity index (χ1) is 8.81. The van der Waals surface area contributed by atoms with Gasteiger partial charge in [0.15, 0.2) is 0 Å². The van der Waals surface area contributed by atoms with Crippen LogP contribution in [-0.2, 0) is 19.6 Å². The molecule has 0 atom stereocenters. The summed E-state index contributed by atoms with van der Waals surface area (Å²) in [6, 6.07) is 5.39. The standard InChI is InChI=1S/C10H11ClN2O5S/c11-7-1-3-8(4-2-7)19(17,18)13-5-9(14)12-6-10(15)16/h1-4,13H,5-6H2,(H,12,14)(H,15,16). The molecule has 0 saturated heterocycles. The van der Waals surface area contributed by atoms with Crippen LogP contribution in [0.2, 0.25) is 5.02 Å². The number of sulfonamides is 1. The summed E-state index contributed by atoms with van der Waals surface area (Å²) in [5.74, 6) is -1.95. The van der Waals surface area contributed by atoms with Crippen molar-refractivity contribution in [1.82, 2.24) is 10.0 Å². The molecule has 0 fully saturated rings. The van der Waals surface area contributed by atoms with E-state index in [1.807, 2.05) is 10.0 Å².